The third kappa shape index (κ3) is 4.58. The van der Waals surface area contributed by atoms with Crippen LogP contribution in [0.15, 0.2) is 24.3 Å². The van der Waals surface area contributed by atoms with E-state index in [-0.39, 0.29) is 6.61 Å². The second kappa shape index (κ2) is 7.59. The Kier molecular flexibility index (Phi) is 5.78. The lowest BCUT2D eigenvalue weighted by Gasteiger charge is -2.33. The minimum atomic E-state index is 0.135. The van der Waals surface area contributed by atoms with Gasteiger partial charge in [-0.3, -0.25) is 4.90 Å². The first-order chi connectivity index (χ1) is 9.29. The molecule has 1 heterocycles. The van der Waals surface area contributed by atoms with Gasteiger partial charge in [0, 0.05) is 42.6 Å². The highest BCUT2D eigenvalue weighted by atomic mass is 32.2. The Hall–Kier alpha value is -0.950. The van der Waals surface area contributed by atoms with Crippen molar-refractivity contribution in [1.82, 2.24) is 4.90 Å². The highest BCUT2D eigenvalue weighted by Gasteiger charge is 2.18. The van der Waals surface area contributed by atoms with Crippen LogP contribution in [0.25, 0.3) is 0 Å². The average molecular weight is 275 g/mol. The molecular formula is C16H21NOS. The van der Waals surface area contributed by atoms with Gasteiger partial charge in [0.05, 0.1) is 6.61 Å². The minimum absolute atomic E-state index is 0.135. The predicted molar refractivity (Wildman–Crippen MR) is 82.2 cm³/mol. The molecule has 0 spiro atoms. The molecule has 1 fully saturated rings. The first-order valence-corrected chi connectivity index (χ1v) is 7.95. The van der Waals surface area contributed by atoms with E-state index in [1.165, 1.54) is 23.6 Å². The molecule has 1 saturated heterocycles. The fourth-order valence-electron chi connectivity index (χ4n) is 2.20. The van der Waals surface area contributed by atoms with E-state index in [1.54, 1.807) is 0 Å². The Morgan fingerprint density at radius 2 is 2.37 bits per heavy atom. The Balaban J connectivity index is 2.00. The molecular weight excluding hydrogens is 254 g/mol. The normalized spacial score (nSPS) is 19.8. The molecule has 0 aliphatic carbocycles. The van der Waals surface area contributed by atoms with Crippen LogP contribution in [0.4, 0.5) is 0 Å². The molecule has 0 saturated carbocycles. The van der Waals surface area contributed by atoms with E-state index in [0.717, 1.165) is 12.1 Å². The molecule has 1 atom stereocenters. The number of aliphatic hydroxyl groups excluding tert-OH is 1. The largest absolute Gasteiger partial charge is 0.395 e. The van der Waals surface area contributed by atoms with Gasteiger partial charge in [-0.1, -0.05) is 24.0 Å². The number of benzene rings is 1. The van der Waals surface area contributed by atoms with E-state index in [4.69, 9.17) is 5.11 Å². The van der Waals surface area contributed by atoms with Gasteiger partial charge >= 0.3 is 0 Å². The third-order valence-electron chi connectivity index (χ3n) is 3.29. The fraction of sp³-hybridized carbons (Fsp3) is 0.500. The maximum atomic E-state index is 8.73. The van der Waals surface area contributed by atoms with Crippen molar-refractivity contribution in [3.05, 3.63) is 35.4 Å². The number of hydrogen-bond donors (Lipinski definition) is 1. The monoisotopic (exact) mass is 275 g/mol. The van der Waals surface area contributed by atoms with E-state index in [0.29, 0.717) is 12.5 Å². The lowest BCUT2D eigenvalue weighted by Crippen LogP contribution is -2.39. The van der Waals surface area contributed by atoms with Crippen LogP contribution >= 0.6 is 11.8 Å². The predicted octanol–water partition coefficient (Wildman–Crippen LogP) is 2.36. The topological polar surface area (TPSA) is 23.5 Å². The van der Waals surface area contributed by atoms with E-state index >= 15 is 0 Å². The lowest BCUT2D eigenvalue weighted by atomic mass is 10.1. The van der Waals surface area contributed by atoms with Gasteiger partial charge in [0.2, 0.25) is 0 Å². The van der Waals surface area contributed by atoms with Gasteiger partial charge in [0.15, 0.2) is 0 Å². The molecule has 1 aromatic rings. The zero-order chi connectivity index (χ0) is 13.5. The van der Waals surface area contributed by atoms with Crippen LogP contribution in [0.3, 0.4) is 0 Å². The van der Waals surface area contributed by atoms with Crippen molar-refractivity contribution in [2.75, 3.05) is 24.7 Å². The number of nitrogens with zero attached hydrogens (tertiary/aromatic N) is 1. The second-order valence-corrected chi connectivity index (χ2v) is 6.02. The van der Waals surface area contributed by atoms with Crippen molar-refractivity contribution in [2.24, 2.45) is 0 Å². The molecule has 2 nitrogen and oxygen atoms in total. The third-order valence-corrected chi connectivity index (χ3v) is 4.48. The molecule has 3 heteroatoms. The molecule has 19 heavy (non-hydrogen) atoms. The summed E-state index contributed by atoms with van der Waals surface area (Å²) < 4.78 is 0. The summed E-state index contributed by atoms with van der Waals surface area (Å²) in [6.07, 6.45) is 0.546. The summed E-state index contributed by atoms with van der Waals surface area (Å²) in [6, 6.07) is 9.10. The summed E-state index contributed by atoms with van der Waals surface area (Å²) in [7, 11) is 0. The highest BCUT2D eigenvalue weighted by Crippen LogP contribution is 2.18. The van der Waals surface area contributed by atoms with Crippen LogP contribution in [0, 0.1) is 11.8 Å². The van der Waals surface area contributed by atoms with Gasteiger partial charge in [-0.2, -0.15) is 11.8 Å². The van der Waals surface area contributed by atoms with Crippen LogP contribution in [0.2, 0.25) is 0 Å². The summed E-state index contributed by atoms with van der Waals surface area (Å²) in [4.78, 5) is 2.54. The maximum absolute atomic E-state index is 8.73. The number of rotatable bonds is 3. The number of thioether (sulfide) groups is 1. The molecule has 1 N–H and O–H groups in total. The average Bonchev–Trinajstić information content (AvgIpc) is 2.42. The minimum Gasteiger partial charge on any atom is -0.395 e. The summed E-state index contributed by atoms with van der Waals surface area (Å²) in [5.41, 5.74) is 2.37. The van der Waals surface area contributed by atoms with Crippen molar-refractivity contribution in [2.45, 2.75) is 25.9 Å². The summed E-state index contributed by atoms with van der Waals surface area (Å²) >= 11 is 2.05. The molecule has 0 aromatic heterocycles. The molecule has 0 bridgehead atoms. The maximum Gasteiger partial charge on any atom is 0.0540 e. The molecule has 2 rings (SSSR count). The van der Waals surface area contributed by atoms with E-state index in [9.17, 15) is 0 Å². The van der Waals surface area contributed by atoms with Gasteiger partial charge < -0.3 is 5.11 Å². The van der Waals surface area contributed by atoms with Crippen LogP contribution in [0.1, 0.15) is 24.5 Å². The summed E-state index contributed by atoms with van der Waals surface area (Å²) in [6.45, 7) is 4.62. The molecule has 0 radical (unpaired) electrons. The van der Waals surface area contributed by atoms with Gasteiger partial charge in [0.1, 0.15) is 0 Å². The van der Waals surface area contributed by atoms with Gasteiger partial charge in [-0.15, -0.1) is 0 Å². The summed E-state index contributed by atoms with van der Waals surface area (Å²) in [5.74, 6) is 8.54. The van der Waals surface area contributed by atoms with Gasteiger partial charge in [-0.25, -0.2) is 0 Å². The number of aliphatic hydroxyl groups is 1. The quantitative estimate of drug-likeness (QED) is 0.857. The molecule has 1 unspecified atom stereocenters. The second-order valence-electron chi connectivity index (χ2n) is 4.87. The Morgan fingerprint density at radius 1 is 1.47 bits per heavy atom. The molecule has 1 aromatic carbocycles. The van der Waals surface area contributed by atoms with E-state index in [2.05, 4.69) is 41.9 Å². The fourth-order valence-corrected chi connectivity index (χ4v) is 3.28. The lowest BCUT2D eigenvalue weighted by molar-refractivity contribution is 0.224. The van der Waals surface area contributed by atoms with Crippen LogP contribution in [-0.2, 0) is 6.54 Å². The summed E-state index contributed by atoms with van der Waals surface area (Å²) in [5, 5.41) is 8.73. The van der Waals surface area contributed by atoms with Crippen LogP contribution in [0.5, 0.6) is 0 Å². The van der Waals surface area contributed by atoms with Crippen molar-refractivity contribution < 1.29 is 5.11 Å². The Bertz CT molecular complexity index is 463. The SMILES string of the molecule is CC1CSCCN1Cc1cccc(C#CCCO)c1. The smallest absolute Gasteiger partial charge is 0.0540 e. The van der Waals surface area contributed by atoms with Crippen LogP contribution in [-0.4, -0.2) is 40.7 Å². The molecule has 1 aliphatic heterocycles. The first-order valence-electron chi connectivity index (χ1n) is 6.80. The van der Waals surface area contributed by atoms with Crippen molar-refractivity contribution in [3.63, 3.8) is 0 Å². The van der Waals surface area contributed by atoms with E-state index in [1.807, 2.05) is 17.8 Å². The molecule has 1 aliphatic rings. The highest BCUT2D eigenvalue weighted by molar-refractivity contribution is 7.99. The standard InChI is InChI=1S/C16H21NOS/c1-14-13-19-10-8-17(14)12-16-7-4-6-15(11-16)5-2-3-9-18/h4,6-7,11,14,18H,3,8-10,12-13H2,1H3. The van der Waals surface area contributed by atoms with Gasteiger partial charge in [0.25, 0.3) is 0 Å². The molecule has 102 valence electrons. The van der Waals surface area contributed by atoms with Gasteiger partial charge in [-0.05, 0) is 24.6 Å². The Labute approximate surface area is 120 Å². The molecule has 0 amide bonds. The van der Waals surface area contributed by atoms with Crippen molar-refractivity contribution >= 4 is 11.8 Å². The Morgan fingerprint density at radius 3 is 3.16 bits per heavy atom. The first kappa shape index (κ1) is 14.5. The zero-order valence-corrected chi connectivity index (χ0v) is 12.2. The van der Waals surface area contributed by atoms with E-state index < -0.39 is 0 Å². The number of hydrogen-bond acceptors (Lipinski definition) is 3. The van der Waals surface area contributed by atoms with Crippen molar-refractivity contribution in [1.29, 1.82) is 0 Å². The van der Waals surface area contributed by atoms with Crippen molar-refractivity contribution in [3.8, 4) is 11.8 Å². The van der Waals surface area contributed by atoms with Crippen LogP contribution < -0.4 is 0 Å². The zero-order valence-electron chi connectivity index (χ0n) is 11.4.